The molecule has 1 aliphatic carbocycles. The fraction of sp³-hybridized carbons (Fsp3) is 0.391. The van der Waals surface area contributed by atoms with Gasteiger partial charge in [0.1, 0.15) is 0 Å². The second-order valence-electron chi connectivity index (χ2n) is 7.28. The molecule has 0 bridgehead atoms. The zero-order chi connectivity index (χ0) is 17.6. The third-order valence-corrected chi connectivity index (χ3v) is 13.9. The van der Waals surface area contributed by atoms with E-state index >= 15 is 0 Å². The van der Waals surface area contributed by atoms with E-state index < -0.39 is 0 Å². The maximum atomic E-state index is 2.58. The fourth-order valence-corrected chi connectivity index (χ4v) is 12.6. The van der Waals surface area contributed by atoms with E-state index in [-0.39, 0.29) is 53.1 Å². The van der Waals surface area contributed by atoms with Crippen LogP contribution in [-0.4, -0.2) is 5.92 Å². The number of halogens is 2. The molecule has 27 heavy (non-hydrogen) atoms. The van der Waals surface area contributed by atoms with Crippen molar-refractivity contribution < 1.29 is 47.2 Å². The minimum Gasteiger partial charge on any atom is -1.00 e. The smallest absolute Gasteiger partial charge is 1.00 e. The third kappa shape index (κ3) is 6.43. The van der Waals surface area contributed by atoms with Crippen LogP contribution in [0.5, 0.6) is 0 Å². The summed E-state index contributed by atoms with van der Waals surface area (Å²) in [5, 5.41) is 0. The molecule has 0 fully saturated rings. The SMILES string of the molecule is CCCCCCC1=Cc2c(-c3ccccc3)cccc2[CH]1[Zr+2][Si](C)C.[Cl-].[Cl-]. The molecular weight excluding hydrogens is 466 g/mol. The summed E-state index contributed by atoms with van der Waals surface area (Å²) in [7, 11) is 0. The first-order valence-electron chi connectivity index (χ1n) is 9.66. The van der Waals surface area contributed by atoms with Gasteiger partial charge >= 0.3 is 167 Å². The Morgan fingerprint density at radius 3 is 2.30 bits per heavy atom. The van der Waals surface area contributed by atoms with Crippen LogP contribution in [0.4, 0.5) is 0 Å². The Labute approximate surface area is 190 Å². The Morgan fingerprint density at radius 2 is 1.63 bits per heavy atom. The molecule has 0 amide bonds. The molecule has 1 aliphatic rings. The number of rotatable bonds is 8. The summed E-state index contributed by atoms with van der Waals surface area (Å²) < 4.78 is 0.841. The predicted octanol–water partition coefficient (Wildman–Crippen LogP) is 1.10. The summed E-state index contributed by atoms with van der Waals surface area (Å²) in [4.78, 5) is 0. The molecular formula is C23H29Cl2SiZr. The molecule has 0 heterocycles. The van der Waals surface area contributed by atoms with E-state index in [1.165, 1.54) is 48.8 Å². The van der Waals surface area contributed by atoms with Crippen molar-refractivity contribution in [3.8, 4) is 11.1 Å². The molecule has 0 aromatic heterocycles. The first-order chi connectivity index (χ1) is 12.2. The number of fused-ring (bicyclic) bond motifs is 1. The molecule has 4 heteroatoms. The van der Waals surface area contributed by atoms with Gasteiger partial charge in [0.05, 0.1) is 0 Å². The van der Waals surface area contributed by atoms with Gasteiger partial charge in [0.2, 0.25) is 0 Å². The molecule has 0 N–H and O–H groups in total. The molecule has 0 spiro atoms. The van der Waals surface area contributed by atoms with Crippen LogP contribution in [0.25, 0.3) is 17.2 Å². The number of hydrogen-bond donors (Lipinski definition) is 0. The van der Waals surface area contributed by atoms with Gasteiger partial charge in [0, 0.05) is 0 Å². The van der Waals surface area contributed by atoms with Gasteiger partial charge in [-0.25, -0.2) is 0 Å². The Bertz CT molecular complexity index is 728. The zero-order valence-electron chi connectivity index (χ0n) is 16.6. The Kier molecular flexibility index (Phi) is 11.5. The van der Waals surface area contributed by atoms with Crippen molar-refractivity contribution in [3.63, 3.8) is 0 Å². The van der Waals surface area contributed by atoms with E-state index in [1.807, 2.05) is 0 Å². The maximum absolute atomic E-state index is 2.58. The van der Waals surface area contributed by atoms with E-state index in [2.05, 4.69) is 74.6 Å². The van der Waals surface area contributed by atoms with E-state index in [1.54, 1.807) is 11.1 Å². The minimum atomic E-state index is -0.350. The Morgan fingerprint density at radius 1 is 0.889 bits per heavy atom. The van der Waals surface area contributed by atoms with Crippen molar-refractivity contribution in [2.24, 2.45) is 0 Å². The summed E-state index contributed by atoms with van der Waals surface area (Å²) in [6.07, 6.45) is 9.39. The topological polar surface area (TPSA) is 0 Å². The first-order valence-corrected chi connectivity index (χ1v) is 17.3. The van der Waals surface area contributed by atoms with Crippen molar-refractivity contribution >= 4 is 12.0 Å². The molecule has 2 aromatic carbocycles. The van der Waals surface area contributed by atoms with Crippen LogP contribution in [0.1, 0.15) is 53.8 Å². The summed E-state index contributed by atoms with van der Waals surface area (Å²) in [5.74, 6) is -0.0737. The number of hydrogen-bond acceptors (Lipinski definition) is 0. The van der Waals surface area contributed by atoms with Gasteiger partial charge in [0.15, 0.2) is 0 Å². The van der Waals surface area contributed by atoms with Crippen molar-refractivity contribution in [1.29, 1.82) is 0 Å². The molecule has 1 radical (unpaired) electrons. The molecule has 2 aromatic rings. The predicted molar refractivity (Wildman–Crippen MR) is 109 cm³/mol. The first kappa shape index (κ1) is 24.9. The van der Waals surface area contributed by atoms with Crippen LogP contribution in [0.3, 0.4) is 0 Å². The van der Waals surface area contributed by atoms with Gasteiger partial charge in [-0.2, -0.15) is 0 Å². The van der Waals surface area contributed by atoms with Crippen molar-refractivity contribution in [1.82, 2.24) is 0 Å². The van der Waals surface area contributed by atoms with Crippen LogP contribution < -0.4 is 24.8 Å². The Balaban J connectivity index is 0.00000182. The maximum Gasteiger partial charge on any atom is -1.00 e. The monoisotopic (exact) mass is 493 g/mol. The van der Waals surface area contributed by atoms with Crippen molar-refractivity contribution in [3.05, 3.63) is 65.2 Å². The van der Waals surface area contributed by atoms with Crippen LogP contribution >= 0.6 is 0 Å². The van der Waals surface area contributed by atoms with Crippen LogP contribution in [0.2, 0.25) is 13.1 Å². The summed E-state index contributed by atoms with van der Waals surface area (Å²) in [6.45, 7) is 7.37. The largest absolute Gasteiger partial charge is 1.00 e. The van der Waals surface area contributed by atoms with Crippen molar-refractivity contribution in [2.45, 2.75) is 55.7 Å². The average Bonchev–Trinajstić information content (AvgIpc) is 2.96. The van der Waals surface area contributed by atoms with E-state index in [4.69, 9.17) is 0 Å². The molecule has 0 saturated carbocycles. The summed E-state index contributed by atoms with van der Waals surface area (Å²) in [6, 6.07) is 18.0. The molecule has 1 unspecified atom stereocenters. The molecule has 0 saturated heterocycles. The second kappa shape index (κ2) is 12.4. The summed E-state index contributed by atoms with van der Waals surface area (Å²) in [5.41, 5.74) is 7.77. The second-order valence-corrected chi connectivity index (χ2v) is 20.5. The normalized spacial score (nSPS) is 14.7. The Hall–Kier alpha value is -0.140. The van der Waals surface area contributed by atoms with Gasteiger partial charge in [-0.1, -0.05) is 0 Å². The molecule has 0 nitrogen and oxygen atoms in total. The van der Waals surface area contributed by atoms with E-state index in [9.17, 15) is 0 Å². The molecule has 143 valence electrons. The van der Waals surface area contributed by atoms with Crippen LogP contribution in [0, 0.1) is 0 Å². The number of unbranched alkanes of at least 4 members (excludes halogenated alkanes) is 3. The standard InChI is InChI=1S/C21H23.C2H6Si.2ClH.Zr/c1-2-3-4-6-10-17-15-19-13-9-14-20(21(19)16-17)18-11-7-5-8-12-18;1-3-2;;;/h5,7-9,11-16H,2-4,6,10H2,1H3;1-2H3;2*1H;/q;;;;+2/p-2. The molecule has 3 rings (SSSR count). The molecule has 1 atom stereocenters. The number of benzene rings is 2. The van der Waals surface area contributed by atoms with E-state index in [0.717, 1.165) is 3.63 Å². The number of allylic oxidation sites excluding steroid dienone is 1. The third-order valence-electron chi connectivity index (χ3n) is 4.99. The van der Waals surface area contributed by atoms with Gasteiger partial charge in [-0.3, -0.25) is 0 Å². The average molecular weight is 496 g/mol. The molecule has 0 aliphatic heterocycles. The van der Waals surface area contributed by atoms with Gasteiger partial charge in [0.25, 0.3) is 0 Å². The van der Waals surface area contributed by atoms with Gasteiger partial charge in [-0.05, 0) is 0 Å². The van der Waals surface area contributed by atoms with E-state index in [0.29, 0.717) is 0 Å². The minimum absolute atomic E-state index is 0. The quantitative estimate of drug-likeness (QED) is 0.380. The van der Waals surface area contributed by atoms with Crippen LogP contribution in [-0.2, 0) is 22.4 Å². The summed E-state index contributed by atoms with van der Waals surface area (Å²) >= 11 is -0.350. The van der Waals surface area contributed by atoms with Gasteiger partial charge < -0.3 is 24.8 Å². The van der Waals surface area contributed by atoms with Gasteiger partial charge in [-0.15, -0.1) is 0 Å². The van der Waals surface area contributed by atoms with Crippen LogP contribution in [0.15, 0.2) is 54.1 Å². The zero-order valence-corrected chi connectivity index (χ0v) is 21.5. The van der Waals surface area contributed by atoms with Crippen molar-refractivity contribution in [2.75, 3.05) is 0 Å². The fourth-order valence-electron chi connectivity index (χ4n) is 3.77.